The topological polar surface area (TPSA) is 0 Å². The average molecular weight is 719 g/mol. The Labute approximate surface area is 303 Å². The minimum absolute atomic E-state index is 0. The van der Waals surface area contributed by atoms with Gasteiger partial charge in [0.2, 0.25) is 0 Å². The summed E-state index contributed by atoms with van der Waals surface area (Å²) in [7, 11) is 0. The quantitative estimate of drug-likeness (QED) is 0.239. The molecule has 0 unspecified atom stereocenters. The first kappa shape index (κ1) is 35.9. The molecular weight excluding hydrogens is 679 g/mol. The Bertz CT molecular complexity index is 1690. The summed E-state index contributed by atoms with van der Waals surface area (Å²) in [5.74, 6) is 0. The van der Waals surface area contributed by atoms with Crippen LogP contribution in [0.4, 0.5) is 0 Å². The Morgan fingerprint density at radius 2 is 1.22 bits per heavy atom. The molecule has 0 saturated heterocycles. The van der Waals surface area contributed by atoms with Gasteiger partial charge in [0.25, 0.3) is 0 Å². The van der Waals surface area contributed by atoms with Crippen LogP contribution in [0.5, 0.6) is 0 Å². The van der Waals surface area contributed by atoms with Crippen molar-refractivity contribution in [1.29, 1.82) is 0 Å². The molecule has 3 aliphatic rings. The first-order valence-electron chi connectivity index (χ1n) is 15.7. The SMILES string of the molecule is CC1(C)[C-]=Cc2cc3c(cc21)Cc1cc2c(cc1-3)C=CC2(C)C.[Cl-].[Cl-].[Zr+2]=[C](Cc1ccccc1)Cc1ccccc1.c1cc[cH-]c1. The van der Waals surface area contributed by atoms with Gasteiger partial charge in [-0.3, -0.25) is 6.08 Å². The first-order chi connectivity index (χ1) is 21.2. The molecule has 0 nitrogen and oxygen atoms in total. The average Bonchev–Trinajstić information content (AvgIpc) is 3.81. The van der Waals surface area contributed by atoms with Gasteiger partial charge in [-0.2, -0.15) is 23.8 Å². The van der Waals surface area contributed by atoms with E-state index in [9.17, 15) is 0 Å². The van der Waals surface area contributed by atoms with Crippen LogP contribution in [0.25, 0.3) is 23.3 Å². The van der Waals surface area contributed by atoms with Crippen LogP contribution >= 0.6 is 0 Å². The van der Waals surface area contributed by atoms with Gasteiger partial charge in [-0.25, -0.2) is 18.2 Å². The van der Waals surface area contributed by atoms with Gasteiger partial charge in [0.15, 0.2) is 0 Å². The summed E-state index contributed by atoms with van der Waals surface area (Å²) in [6, 6.07) is 41.1. The van der Waals surface area contributed by atoms with E-state index < -0.39 is 0 Å². The van der Waals surface area contributed by atoms with Crippen LogP contribution in [0.2, 0.25) is 0 Å². The molecule has 0 radical (unpaired) electrons. The van der Waals surface area contributed by atoms with Crippen molar-refractivity contribution in [2.45, 2.75) is 57.8 Å². The minimum Gasteiger partial charge on any atom is -0.214 e. The van der Waals surface area contributed by atoms with Gasteiger partial charge < -0.3 is 24.8 Å². The molecule has 0 fully saturated rings. The molecule has 5 aromatic carbocycles. The summed E-state index contributed by atoms with van der Waals surface area (Å²) >= 11 is 1.55. The van der Waals surface area contributed by atoms with E-state index >= 15 is 0 Å². The number of hydrogen-bond donors (Lipinski definition) is 0. The Hall–Kier alpha value is -2.96. The second kappa shape index (κ2) is 15.3. The third-order valence-electron chi connectivity index (χ3n) is 8.93. The molecule has 0 amide bonds. The zero-order chi connectivity index (χ0) is 30.7. The van der Waals surface area contributed by atoms with Gasteiger partial charge >= 0.3 is 112 Å². The van der Waals surface area contributed by atoms with E-state index in [2.05, 4.69) is 137 Å². The van der Waals surface area contributed by atoms with Gasteiger partial charge in [0.1, 0.15) is 0 Å². The van der Waals surface area contributed by atoms with Crippen LogP contribution in [-0.4, -0.2) is 3.21 Å². The van der Waals surface area contributed by atoms with E-state index in [0.29, 0.717) is 0 Å². The molecule has 0 aromatic heterocycles. The molecule has 0 saturated carbocycles. The third kappa shape index (κ3) is 8.12. The van der Waals surface area contributed by atoms with E-state index in [1.165, 1.54) is 55.6 Å². The van der Waals surface area contributed by atoms with E-state index in [-0.39, 0.29) is 35.6 Å². The van der Waals surface area contributed by atoms with Crippen LogP contribution in [0, 0.1) is 6.08 Å². The predicted octanol–water partition coefficient (Wildman–Crippen LogP) is 4.27. The largest absolute Gasteiger partial charge is 0.214 e. The summed E-state index contributed by atoms with van der Waals surface area (Å²) in [5.41, 5.74) is 14.5. The predicted molar refractivity (Wildman–Crippen MR) is 185 cm³/mol. The maximum atomic E-state index is 3.50. The van der Waals surface area contributed by atoms with Gasteiger partial charge in [-0.05, 0) is 45.9 Å². The molecule has 5 aromatic rings. The molecule has 232 valence electrons. The number of fused-ring (bicyclic) bond motifs is 5. The van der Waals surface area contributed by atoms with Crippen LogP contribution in [0.1, 0.15) is 72.2 Å². The van der Waals surface area contributed by atoms with Gasteiger partial charge in [-0.15, -0.1) is 11.6 Å². The smallest absolute Gasteiger partial charge is 0.172 e. The molecule has 0 heterocycles. The van der Waals surface area contributed by atoms with Crippen molar-refractivity contribution < 1.29 is 49.0 Å². The monoisotopic (exact) mass is 716 g/mol. The fourth-order valence-electron chi connectivity index (χ4n) is 6.47. The first-order valence-corrected chi connectivity index (χ1v) is 16.9. The van der Waals surface area contributed by atoms with Crippen LogP contribution in [0.3, 0.4) is 0 Å². The van der Waals surface area contributed by atoms with E-state index in [1.54, 1.807) is 27.4 Å². The van der Waals surface area contributed by atoms with Crippen molar-refractivity contribution in [2.24, 2.45) is 0 Å². The zero-order valence-electron chi connectivity index (χ0n) is 27.1. The van der Waals surface area contributed by atoms with Crippen LogP contribution in [0.15, 0.2) is 121 Å². The van der Waals surface area contributed by atoms with Crippen molar-refractivity contribution in [1.82, 2.24) is 0 Å². The maximum Gasteiger partial charge on any atom is -0.172 e. The molecule has 0 aliphatic heterocycles. The molecular formula is C43H40Cl2Zr-2. The number of allylic oxidation sites excluding steroid dienone is 2. The second-order valence-electron chi connectivity index (χ2n) is 13.2. The van der Waals surface area contributed by atoms with Gasteiger partial charge in [0.05, 0.1) is 0 Å². The van der Waals surface area contributed by atoms with E-state index in [1.807, 2.05) is 30.3 Å². The molecule has 0 atom stereocenters. The number of hydrogen-bond acceptors (Lipinski definition) is 0. The number of halogens is 2. The van der Waals surface area contributed by atoms with Crippen LogP contribution in [-0.2, 0) is 54.3 Å². The molecule has 8 rings (SSSR count). The summed E-state index contributed by atoms with van der Waals surface area (Å²) in [4.78, 5) is 0. The number of rotatable bonds is 4. The van der Waals surface area contributed by atoms with Gasteiger partial charge in [-0.1, -0.05) is 57.4 Å². The molecule has 3 aliphatic carbocycles. The molecule has 0 spiro atoms. The Balaban J connectivity index is 0.000000183. The summed E-state index contributed by atoms with van der Waals surface area (Å²) in [6.45, 7) is 9.13. The standard InChI is InChI=1S/C23H21.C15H14.C5H5.2ClH.Zr/c1-22(2)7-5-14-10-18-16(12-20(14)22)9-17-13-21-15(11-19(17)18)6-8-23(21,3)4;1-3-8-14(9-4-1)12-7-13-15-10-5-2-6-11-15;1-2-4-5-3-1;;;/h5-7,10-13H,9H2,1-4H3;1-6,8-11H,12-13H2;1-5H;2*1H;/q-1;;-1;;;+2/p-2. The molecule has 46 heavy (non-hydrogen) atoms. The Kier molecular flexibility index (Phi) is 11.9. The van der Waals surface area contributed by atoms with Crippen molar-refractivity contribution in [3.8, 4) is 11.1 Å². The second-order valence-corrected chi connectivity index (χ2v) is 15.0. The van der Waals surface area contributed by atoms with E-state index in [0.717, 1.165) is 19.3 Å². The molecule has 3 heteroatoms. The normalized spacial score (nSPS) is 14.6. The maximum absolute atomic E-state index is 3.50. The van der Waals surface area contributed by atoms with E-state index in [4.69, 9.17) is 0 Å². The fourth-order valence-corrected chi connectivity index (χ4v) is 7.47. The minimum atomic E-state index is 0. The number of benzene rings is 4. The Morgan fingerprint density at radius 3 is 1.74 bits per heavy atom. The van der Waals surface area contributed by atoms with Crippen LogP contribution < -0.4 is 24.8 Å². The summed E-state index contributed by atoms with van der Waals surface area (Å²) in [5, 5.41) is 0. The summed E-state index contributed by atoms with van der Waals surface area (Å²) in [6.07, 6.45) is 13.6. The molecule has 0 N–H and O–H groups in total. The van der Waals surface area contributed by atoms with Crippen molar-refractivity contribution in [2.75, 3.05) is 0 Å². The fraction of sp³-hybridized carbons (Fsp3) is 0.209. The molecule has 0 bridgehead atoms. The van der Waals surface area contributed by atoms with Gasteiger partial charge in [0, 0.05) is 5.41 Å². The van der Waals surface area contributed by atoms with Crippen molar-refractivity contribution in [3.63, 3.8) is 0 Å². The zero-order valence-corrected chi connectivity index (χ0v) is 31.0. The van der Waals surface area contributed by atoms with Crippen molar-refractivity contribution in [3.05, 3.63) is 172 Å². The summed E-state index contributed by atoms with van der Waals surface area (Å²) < 4.78 is 1.60. The third-order valence-corrected chi connectivity index (χ3v) is 9.80. The Morgan fingerprint density at radius 1 is 0.696 bits per heavy atom. The van der Waals surface area contributed by atoms with Crippen molar-refractivity contribution >= 4 is 15.4 Å².